The Morgan fingerprint density at radius 2 is 1.72 bits per heavy atom. The molecule has 6 atom stereocenters. The fourth-order valence-corrected chi connectivity index (χ4v) is 14.6. The van der Waals surface area contributed by atoms with Gasteiger partial charge >= 0.3 is 6.01 Å². The maximum atomic E-state index is 17.2. The van der Waals surface area contributed by atoms with E-state index in [1.807, 2.05) is 71.3 Å². The number of piperazine rings is 1. The number of amides is 3. The Morgan fingerprint density at radius 3 is 2.40 bits per heavy atom. The number of carbonyl (C=O) groups excluding carboxylic acids is 3. The van der Waals surface area contributed by atoms with Gasteiger partial charge in [0.1, 0.15) is 47.3 Å². The number of rotatable bonds is 18. The fourth-order valence-electron chi connectivity index (χ4n) is 13.8. The summed E-state index contributed by atoms with van der Waals surface area (Å²) in [5, 5.41) is 32.7. The van der Waals surface area contributed by atoms with E-state index in [2.05, 4.69) is 35.7 Å². The van der Waals surface area contributed by atoms with Crippen molar-refractivity contribution in [1.29, 1.82) is 0 Å². The lowest BCUT2D eigenvalue weighted by molar-refractivity contribution is -0.145. The summed E-state index contributed by atoms with van der Waals surface area (Å²) >= 11 is 1.58. The number of fused-ring (bicyclic) bond motifs is 4. The number of halogens is 2. The van der Waals surface area contributed by atoms with Crippen LogP contribution >= 0.6 is 11.3 Å². The summed E-state index contributed by atoms with van der Waals surface area (Å²) in [5.74, 6) is -1.50. The van der Waals surface area contributed by atoms with Gasteiger partial charge in [0.2, 0.25) is 17.7 Å². The predicted molar refractivity (Wildman–Crippen MR) is 309 cm³/mol. The average molecular weight is 1140 g/mol. The highest BCUT2D eigenvalue weighted by molar-refractivity contribution is 7.13. The molecule has 4 aliphatic heterocycles. The lowest BCUT2D eigenvalue weighted by Crippen LogP contribution is -2.63. The number of aliphatic hydroxyl groups is 1. The molecule has 4 saturated heterocycles. The molecule has 12 rings (SSSR count). The summed E-state index contributed by atoms with van der Waals surface area (Å²) in [7, 11) is 0. The molecule has 6 aromatic rings. The van der Waals surface area contributed by atoms with E-state index >= 15 is 8.78 Å². The molecule has 17 nitrogen and oxygen atoms in total. The number of phenolic OH excluding ortho intramolecular Hbond substituents is 1. The Balaban J connectivity index is 0.633. The Kier molecular flexibility index (Phi) is 15.0. The lowest BCUT2D eigenvalue weighted by atomic mass is 9.58. The number of aryl methyl sites for hydroxylation is 2. The molecule has 3 aromatic carbocycles. The standard InChI is InChI=1S/C62H74F2N10O7S/c1-7-44-47(63)15-12-39-18-42(75)19-45(50(39)44)52-51(64)53-46(23-65-52)56(73-24-40-13-14-41(25-73)68-40)71-59(70-53)81-32-61(16-17-61)29-72-30-62(31-72)21-36(22-62)27-80-28-49(77)69-55(60(4,5)6)58(79)74-26-43(76)20-48(74)57(78)67-34(2)37-8-10-38(11-9-37)54-35(3)66-33-82-54/h8-12,15,18-19,23,33-34,36,40-41,43,48,55,68,75-76H,7,13-14,16-17,20-22,24-32H2,1-6H3,(H,67,78)(H,69,77)/t34-,40?,41?,43+,48-,55+/m0/s1. The Labute approximate surface area is 480 Å². The number of anilines is 1. The number of hydrogen-bond acceptors (Lipinski definition) is 15. The Hall–Kier alpha value is -6.45. The molecule has 2 unspecified atom stereocenters. The van der Waals surface area contributed by atoms with Gasteiger partial charge in [0, 0.05) is 74.9 Å². The number of benzene rings is 3. The zero-order valence-electron chi connectivity index (χ0n) is 47.6. The van der Waals surface area contributed by atoms with Crippen LogP contribution in [-0.2, 0) is 25.5 Å². The molecule has 0 radical (unpaired) electrons. The van der Waals surface area contributed by atoms with Gasteiger partial charge in [0.15, 0.2) is 5.82 Å². The monoisotopic (exact) mass is 1140 g/mol. The molecule has 7 heterocycles. The second kappa shape index (κ2) is 21.9. The third kappa shape index (κ3) is 11.1. The summed E-state index contributed by atoms with van der Waals surface area (Å²) in [6.07, 6.45) is 7.23. The van der Waals surface area contributed by atoms with Crippen molar-refractivity contribution < 1.29 is 42.9 Å². The maximum Gasteiger partial charge on any atom is 0.319 e. The molecule has 434 valence electrons. The van der Waals surface area contributed by atoms with E-state index in [9.17, 15) is 24.6 Å². The van der Waals surface area contributed by atoms with Crippen LogP contribution in [0.3, 0.4) is 0 Å². The summed E-state index contributed by atoms with van der Waals surface area (Å²) in [6.45, 7) is 16.1. The molecule has 6 fully saturated rings. The number of nitrogens with one attached hydrogen (secondary N) is 3. The molecule has 6 aliphatic rings. The molecular weight excluding hydrogens is 1070 g/mol. The van der Waals surface area contributed by atoms with Gasteiger partial charge in [0.05, 0.1) is 46.8 Å². The highest BCUT2D eigenvalue weighted by Gasteiger charge is 2.55. The molecule has 82 heavy (non-hydrogen) atoms. The van der Waals surface area contributed by atoms with Crippen LogP contribution in [0.5, 0.6) is 11.8 Å². The highest BCUT2D eigenvalue weighted by atomic mass is 32.1. The number of carbonyl (C=O) groups is 3. The smallest absolute Gasteiger partial charge is 0.319 e. The van der Waals surface area contributed by atoms with Crippen molar-refractivity contribution in [2.45, 2.75) is 129 Å². The fraction of sp³-hybridized carbons (Fsp3) is 0.532. The zero-order chi connectivity index (χ0) is 57.4. The van der Waals surface area contributed by atoms with E-state index in [0.29, 0.717) is 66.2 Å². The van der Waals surface area contributed by atoms with Crippen molar-refractivity contribution in [3.63, 3.8) is 0 Å². The number of aromatic hydroxyl groups is 1. The largest absolute Gasteiger partial charge is 0.508 e. The molecule has 2 aliphatic carbocycles. The van der Waals surface area contributed by atoms with Crippen LogP contribution in [0.1, 0.15) is 102 Å². The second-order valence-electron chi connectivity index (χ2n) is 25.6. The van der Waals surface area contributed by atoms with Crippen molar-refractivity contribution >= 4 is 56.6 Å². The number of pyridine rings is 1. The van der Waals surface area contributed by atoms with E-state index in [4.69, 9.17) is 19.4 Å². The van der Waals surface area contributed by atoms with Gasteiger partial charge in [-0.1, -0.05) is 58.0 Å². The van der Waals surface area contributed by atoms with Gasteiger partial charge in [-0.3, -0.25) is 19.4 Å². The van der Waals surface area contributed by atoms with Gasteiger partial charge in [-0.05, 0) is 121 Å². The number of aromatic nitrogens is 4. The second-order valence-corrected chi connectivity index (χ2v) is 26.5. The first-order chi connectivity index (χ1) is 39.2. The van der Waals surface area contributed by atoms with E-state index in [0.717, 1.165) is 79.9 Å². The average Bonchev–Trinajstić information content (AvgIpc) is 2.88. The Morgan fingerprint density at radius 1 is 0.976 bits per heavy atom. The topological polar surface area (TPSA) is 208 Å². The predicted octanol–water partition coefficient (Wildman–Crippen LogP) is 8.02. The van der Waals surface area contributed by atoms with Crippen LogP contribution in [0.4, 0.5) is 14.6 Å². The molecule has 3 amide bonds. The van der Waals surface area contributed by atoms with Crippen molar-refractivity contribution in [2.75, 3.05) is 64.0 Å². The van der Waals surface area contributed by atoms with Crippen LogP contribution in [-0.4, -0.2) is 147 Å². The third-order valence-electron chi connectivity index (χ3n) is 18.2. The minimum absolute atomic E-state index is 0.0165. The summed E-state index contributed by atoms with van der Waals surface area (Å²) in [4.78, 5) is 67.4. The SMILES string of the molecule is CCc1c(F)ccc2cc(O)cc(-c3ncc4c(N5CC6CCC(C5)N6)nc(OCC5(CN6CC7(CC(COCC(=O)N[C@H](C(=O)N8C[C@H](O)C[C@H]8C(=O)N[C@@H](C)c8ccc(-c9scnc9C)cc8)C(C)(C)C)C7)C6)CC5)nc4c3F)c12. The first kappa shape index (κ1) is 56.1. The zero-order valence-corrected chi connectivity index (χ0v) is 48.4. The van der Waals surface area contributed by atoms with Crippen molar-refractivity contribution in [1.82, 2.24) is 45.7 Å². The lowest BCUT2D eigenvalue weighted by Gasteiger charge is -2.60. The van der Waals surface area contributed by atoms with Crippen molar-refractivity contribution in [3.05, 3.63) is 88.7 Å². The van der Waals surface area contributed by atoms with Crippen LogP contribution in [0.15, 0.2) is 60.2 Å². The molecule has 1 spiro atoms. The summed E-state index contributed by atoms with van der Waals surface area (Å²) in [5.41, 5.74) is 4.88. The van der Waals surface area contributed by atoms with Gasteiger partial charge in [-0.15, -0.1) is 11.3 Å². The van der Waals surface area contributed by atoms with E-state index < -0.39 is 47.1 Å². The van der Waals surface area contributed by atoms with Gasteiger partial charge in [0.25, 0.3) is 0 Å². The third-order valence-corrected chi connectivity index (χ3v) is 19.1. The molecule has 3 aromatic heterocycles. The van der Waals surface area contributed by atoms with E-state index in [1.165, 1.54) is 17.0 Å². The maximum absolute atomic E-state index is 17.2. The number of β-amino-alcohol motifs (C(OH)–C–C–N with tert-alkyl or cyclic N) is 1. The molecule has 20 heteroatoms. The molecule has 2 bridgehead atoms. The highest BCUT2D eigenvalue weighted by Crippen LogP contribution is 2.55. The van der Waals surface area contributed by atoms with Gasteiger partial charge in [-0.25, -0.2) is 13.8 Å². The normalized spacial score (nSPS) is 22.7. The first-order valence-corrected chi connectivity index (χ1v) is 30.0. The number of likely N-dealkylation sites (tertiary alicyclic amines) is 2. The van der Waals surface area contributed by atoms with Crippen LogP contribution in [0.2, 0.25) is 0 Å². The van der Waals surface area contributed by atoms with E-state index in [1.54, 1.807) is 29.7 Å². The summed E-state index contributed by atoms with van der Waals surface area (Å²) in [6, 6.07) is 12.4. The minimum atomic E-state index is -0.960. The van der Waals surface area contributed by atoms with Gasteiger partial charge < -0.3 is 50.3 Å². The molecule has 5 N–H and O–H groups in total. The number of ether oxygens (including phenoxy) is 2. The van der Waals surface area contributed by atoms with Crippen molar-refractivity contribution in [2.24, 2.45) is 22.2 Å². The molecule has 2 saturated carbocycles. The Bertz CT molecular complexity index is 3420. The summed E-state index contributed by atoms with van der Waals surface area (Å²) < 4.78 is 44.9. The number of aliphatic hydroxyl groups excluding tert-OH is 1. The number of nitrogens with zero attached hydrogens (tertiary/aromatic N) is 7. The number of phenols is 1. The minimum Gasteiger partial charge on any atom is -0.508 e. The van der Waals surface area contributed by atoms with E-state index in [-0.39, 0.29) is 83.0 Å². The van der Waals surface area contributed by atoms with Crippen LogP contribution < -0.4 is 25.6 Å². The number of thiazole rings is 1. The first-order valence-electron chi connectivity index (χ1n) is 29.1. The van der Waals surface area contributed by atoms with Gasteiger partial charge in [-0.2, -0.15) is 9.97 Å². The van der Waals surface area contributed by atoms with Crippen molar-refractivity contribution in [3.8, 4) is 33.5 Å². The molecular formula is C62H74F2N10O7S. The van der Waals surface area contributed by atoms with Crippen LogP contribution in [0, 0.1) is 40.7 Å². The quantitative estimate of drug-likeness (QED) is 0.0553. The van der Waals surface area contributed by atoms with Crippen LogP contribution in [0.25, 0.3) is 43.4 Å². The number of hydrogen-bond donors (Lipinski definition) is 5.